The molecule has 1 aliphatic heterocycles. The summed E-state index contributed by atoms with van der Waals surface area (Å²) < 4.78 is 12.1. The van der Waals surface area contributed by atoms with E-state index in [1.807, 2.05) is 0 Å². The Morgan fingerprint density at radius 3 is 2.89 bits per heavy atom. The Morgan fingerprint density at radius 1 is 1.78 bits per heavy atom. The molecule has 9 heavy (non-hydrogen) atoms. The summed E-state index contributed by atoms with van der Waals surface area (Å²) in [6, 6.07) is 0. The molecule has 0 bridgehead atoms. The molecule has 0 aliphatic carbocycles. The number of nitrogens with zero attached hydrogens (tertiary/aromatic N) is 1. The van der Waals surface area contributed by atoms with Crippen molar-refractivity contribution in [1.82, 2.24) is 0 Å². The summed E-state index contributed by atoms with van der Waals surface area (Å²) in [5.41, 5.74) is 0. The van der Waals surface area contributed by atoms with Crippen molar-refractivity contribution < 1.29 is 9.18 Å². The number of dihydropyridines is 1. The fraction of sp³-hybridized carbons (Fsp3) is 0.200. The van der Waals surface area contributed by atoms with E-state index in [9.17, 15) is 9.18 Å². The lowest BCUT2D eigenvalue weighted by Gasteiger charge is -1.99. The molecule has 1 amide bonds. The summed E-state index contributed by atoms with van der Waals surface area (Å²) in [6.07, 6.45) is 2.20. The van der Waals surface area contributed by atoms with E-state index in [-0.39, 0.29) is 0 Å². The molecule has 0 aromatic rings. The quantitative estimate of drug-likeness (QED) is 0.471. The number of amides is 1. The molecule has 4 heteroatoms. The Balaban J connectivity index is 2.82. The van der Waals surface area contributed by atoms with Crippen LogP contribution in [-0.4, -0.2) is 17.5 Å². The number of halogens is 2. The number of carbonyl (C=O) groups excluding carboxylic acids is 1. The maximum Gasteiger partial charge on any atom is 0.305 e. The lowest BCUT2D eigenvalue weighted by Crippen LogP contribution is -2.08. The Bertz CT molecular complexity index is 199. The fourth-order valence-corrected chi connectivity index (χ4v) is 0.622. The minimum atomic E-state index is -0.877. The predicted molar refractivity (Wildman–Crippen MR) is 32.3 cm³/mol. The smallest absolute Gasteiger partial charge is 0.264 e. The van der Waals surface area contributed by atoms with Crippen molar-refractivity contribution in [2.75, 3.05) is 0 Å². The SMILES string of the molecule is O=C1N=CC(Cl)C=C1F. The maximum atomic E-state index is 12.1. The monoisotopic (exact) mass is 147 g/mol. The van der Waals surface area contributed by atoms with Gasteiger partial charge in [-0.05, 0) is 6.08 Å². The van der Waals surface area contributed by atoms with Crippen molar-refractivity contribution in [3.63, 3.8) is 0 Å². The van der Waals surface area contributed by atoms with E-state index in [1.165, 1.54) is 6.21 Å². The lowest BCUT2D eigenvalue weighted by molar-refractivity contribution is -0.115. The van der Waals surface area contributed by atoms with Crippen LogP contribution in [0.25, 0.3) is 0 Å². The second kappa shape index (κ2) is 2.27. The highest BCUT2D eigenvalue weighted by Gasteiger charge is 2.13. The molecule has 0 saturated carbocycles. The highest BCUT2D eigenvalue weighted by atomic mass is 35.5. The molecule has 0 aromatic carbocycles. The minimum absolute atomic E-state index is 0.581. The van der Waals surface area contributed by atoms with E-state index >= 15 is 0 Å². The molecule has 0 saturated heterocycles. The third-order valence-corrected chi connectivity index (χ3v) is 1.08. The van der Waals surface area contributed by atoms with Crippen LogP contribution in [0.2, 0.25) is 0 Å². The van der Waals surface area contributed by atoms with E-state index in [2.05, 4.69) is 4.99 Å². The van der Waals surface area contributed by atoms with Crippen molar-refractivity contribution in [3.8, 4) is 0 Å². The van der Waals surface area contributed by atoms with Gasteiger partial charge < -0.3 is 0 Å². The predicted octanol–water partition coefficient (Wildman–Crippen LogP) is 1.06. The van der Waals surface area contributed by atoms with Crippen LogP contribution in [0.15, 0.2) is 16.9 Å². The van der Waals surface area contributed by atoms with Crippen LogP contribution < -0.4 is 0 Å². The van der Waals surface area contributed by atoms with Gasteiger partial charge in [-0.15, -0.1) is 11.6 Å². The molecule has 1 atom stereocenters. The largest absolute Gasteiger partial charge is 0.305 e. The van der Waals surface area contributed by atoms with Crippen molar-refractivity contribution >= 4 is 23.7 Å². The fourth-order valence-electron chi connectivity index (χ4n) is 0.455. The van der Waals surface area contributed by atoms with Crippen LogP contribution in [0, 0.1) is 0 Å². The molecule has 0 aromatic heterocycles. The van der Waals surface area contributed by atoms with Gasteiger partial charge in [0.2, 0.25) is 0 Å². The van der Waals surface area contributed by atoms with Crippen LogP contribution in [0.3, 0.4) is 0 Å². The first-order chi connectivity index (χ1) is 4.20. The van der Waals surface area contributed by atoms with E-state index in [0.29, 0.717) is 0 Å². The zero-order chi connectivity index (χ0) is 6.85. The first-order valence-electron chi connectivity index (χ1n) is 2.30. The molecule has 0 fully saturated rings. The summed E-state index contributed by atoms with van der Waals surface area (Å²) in [5, 5.41) is -0.581. The average Bonchev–Trinajstić information content (AvgIpc) is 1.80. The van der Waals surface area contributed by atoms with Crippen LogP contribution in [-0.2, 0) is 4.79 Å². The van der Waals surface area contributed by atoms with Gasteiger partial charge in [-0.1, -0.05) is 0 Å². The molecule has 1 rings (SSSR count). The van der Waals surface area contributed by atoms with Gasteiger partial charge >= 0.3 is 5.91 Å². The first-order valence-corrected chi connectivity index (χ1v) is 2.73. The number of rotatable bonds is 0. The number of carbonyl (C=O) groups is 1. The third kappa shape index (κ3) is 1.36. The molecule has 1 unspecified atom stereocenters. The van der Waals surface area contributed by atoms with Gasteiger partial charge in [0.05, 0.1) is 5.38 Å². The molecule has 0 radical (unpaired) electrons. The Morgan fingerprint density at radius 2 is 2.44 bits per heavy atom. The molecule has 48 valence electrons. The van der Waals surface area contributed by atoms with Crippen LogP contribution in [0.1, 0.15) is 0 Å². The highest BCUT2D eigenvalue weighted by Crippen LogP contribution is 2.09. The van der Waals surface area contributed by atoms with Crippen molar-refractivity contribution in [3.05, 3.63) is 11.9 Å². The number of aliphatic imine (C=N–C) groups is 1. The summed E-state index contributed by atoms with van der Waals surface area (Å²) in [7, 11) is 0. The normalized spacial score (nSPS) is 26.2. The lowest BCUT2D eigenvalue weighted by atomic mass is 10.3. The zero-order valence-corrected chi connectivity index (χ0v) is 5.10. The molecular formula is C5H3ClFNO. The molecule has 1 aliphatic rings. The van der Waals surface area contributed by atoms with Crippen LogP contribution in [0.4, 0.5) is 4.39 Å². The second-order valence-corrected chi connectivity index (χ2v) is 2.05. The van der Waals surface area contributed by atoms with Crippen molar-refractivity contribution in [2.24, 2.45) is 4.99 Å². The number of allylic oxidation sites excluding steroid dienone is 1. The summed E-state index contributed by atoms with van der Waals surface area (Å²) in [4.78, 5) is 13.4. The van der Waals surface area contributed by atoms with Crippen molar-refractivity contribution in [1.29, 1.82) is 0 Å². The molecule has 1 heterocycles. The van der Waals surface area contributed by atoms with E-state index in [1.54, 1.807) is 0 Å². The average molecular weight is 148 g/mol. The van der Waals surface area contributed by atoms with E-state index < -0.39 is 17.1 Å². The molecule has 0 spiro atoms. The number of hydrogen-bond acceptors (Lipinski definition) is 1. The van der Waals surface area contributed by atoms with Gasteiger partial charge in [-0.2, -0.15) is 0 Å². The minimum Gasteiger partial charge on any atom is -0.264 e. The van der Waals surface area contributed by atoms with Crippen LogP contribution >= 0.6 is 11.6 Å². The van der Waals surface area contributed by atoms with Gasteiger partial charge in [0.25, 0.3) is 0 Å². The second-order valence-electron chi connectivity index (χ2n) is 1.54. The molecule has 2 nitrogen and oxygen atoms in total. The Kier molecular flexibility index (Phi) is 1.62. The van der Waals surface area contributed by atoms with E-state index in [4.69, 9.17) is 11.6 Å². The van der Waals surface area contributed by atoms with Gasteiger partial charge in [-0.3, -0.25) is 4.79 Å². The summed E-state index contributed by atoms with van der Waals surface area (Å²) in [5.74, 6) is -1.73. The Labute approximate surface area is 56.0 Å². The van der Waals surface area contributed by atoms with Crippen LogP contribution in [0.5, 0.6) is 0 Å². The van der Waals surface area contributed by atoms with Gasteiger partial charge in [0.1, 0.15) is 0 Å². The maximum absolute atomic E-state index is 12.1. The van der Waals surface area contributed by atoms with Gasteiger partial charge in [0, 0.05) is 6.21 Å². The molecular weight excluding hydrogens is 145 g/mol. The topological polar surface area (TPSA) is 29.4 Å². The third-order valence-electron chi connectivity index (χ3n) is 0.844. The standard InChI is InChI=1S/C5H3ClFNO/c6-3-1-4(7)5(9)8-2-3/h1-3H. The number of alkyl halides is 1. The van der Waals surface area contributed by atoms with Crippen molar-refractivity contribution in [2.45, 2.75) is 5.38 Å². The summed E-state index contributed by atoms with van der Waals surface area (Å²) >= 11 is 5.36. The number of hydrogen-bond donors (Lipinski definition) is 0. The Hall–Kier alpha value is -0.700. The van der Waals surface area contributed by atoms with E-state index in [0.717, 1.165) is 6.08 Å². The highest BCUT2D eigenvalue weighted by molar-refractivity contribution is 6.31. The summed E-state index contributed by atoms with van der Waals surface area (Å²) in [6.45, 7) is 0. The first kappa shape index (κ1) is 6.42. The van der Waals surface area contributed by atoms with Gasteiger partial charge in [0.15, 0.2) is 5.83 Å². The zero-order valence-electron chi connectivity index (χ0n) is 4.34. The van der Waals surface area contributed by atoms with Gasteiger partial charge in [-0.25, -0.2) is 9.38 Å². The molecule has 0 N–H and O–H groups in total.